The molecule has 164 valence electrons. The quantitative estimate of drug-likeness (QED) is 0.448. The molecule has 0 radical (unpaired) electrons. The summed E-state index contributed by atoms with van der Waals surface area (Å²) in [6, 6.07) is 9.04. The van der Waals surface area contributed by atoms with Gasteiger partial charge in [0.2, 0.25) is 5.91 Å². The van der Waals surface area contributed by atoms with Crippen molar-refractivity contribution in [3.8, 4) is 0 Å². The predicted molar refractivity (Wildman–Crippen MR) is 111 cm³/mol. The fourth-order valence-corrected chi connectivity index (χ4v) is 3.35. The first-order valence-corrected chi connectivity index (χ1v) is 9.89. The van der Waals surface area contributed by atoms with Crippen molar-refractivity contribution in [2.24, 2.45) is 5.10 Å². The van der Waals surface area contributed by atoms with Crippen LogP contribution in [-0.4, -0.2) is 59.2 Å². The van der Waals surface area contributed by atoms with Crippen LogP contribution < -0.4 is 0 Å². The van der Waals surface area contributed by atoms with Crippen molar-refractivity contribution < 1.29 is 23.7 Å². The lowest BCUT2D eigenvalue weighted by atomic mass is 10.0. The van der Waals surface area contributed by atoms with Crippen molar-refractivity contribution in [3.05, 3.63) is 64.1 Å². The molecule has 0 spiro atoms. The number of ether oxygens (including phenoxy) is 1. The molecule has 2 amide bonds. The largest absolute Gasteiger partial charge is 0.467 e. The first kappa shape index (κ1) is 22.2. The molecule has 10 nitrogen and oxygen atoms in total. The van der Waals surface area contributed by atoms with Gasteiger partial charge in [-0.2, -0.15) is 5.10 Å². The zero-order chi connectivity index (χ0) is 22.4. The summed E-state index contributed by atoms with van der Waals surface area (Å²) in [5.74, 6) is 0.0641. The number of hydrogen-bond donors (Lipinski definition) is 0. The summed E-state index contributed by atoms with van der Waals surface area (Å²) < 4.78 is 10.6. The Balaban J connectivity index is 1.85. The lowest BCUT2D eigenvalue weighted by Crippen LogP contribution is -2.42. The Morgan fingerprint density at radius 1 is 1.32 bits per heavy atom. The number of nitro groups is 1. The Kier molecular flexibility index (Phi) is 7.14. The SMILES string of the molecule is CCC(=O)N(CCOC)CC(=O)N1N=C(c2ccc([N+](=O)[O-])cc2)CC1c1ccco1. The molecule has 1 atom stereocenters. The maximum atomic E-state index is 13.1. The van der Waals surface area contributed by atoms with Crippen LogP contribution in [0, 0.1) is 10.1 Å². The van der Waals surface area contributed by atoms with Gasteiger partial charge in [-0.05, 0) is 29.8 Å². The third kappa shape index (κ3) is 5.15. The number of non-ortho nitro benzene ring substituents is 1. The van der Waals surface area contributed by atoms with E-state index in [-0.39, 0.29) is 30.5 Å². The van der Waals surface area contributed by atoms with Crippen LogP contribution in [0.2, 0.25) is 0 Å². The van der Waals surface area contributed by atoms with Crippen LogP contribution in [-0.2, 0) is 14.3 Å². The van der Waals surface area contributed by atoms with Crippen LogP contribution in [0.25, 0.3) is 0 Å². The Bertz CT molecular complexity index is 955. The van der Waals surface area contributed by atoms with Gasteiger partial charge in [0.15, 0.2) is 0 Å². The van der Waals surface area contributed by atoms with E-state index in [1.807, 2.05) is 0 Å². The predicted octanol–water partition coefficient (Wildman–Crippen LogP) is 2.75. The van der Waals surface area contributed by atoms with Gasteiger partial charge in [0.25, 0.3) is 11.6 Å². The number of carbonyl (C=O) groups excluding carboxylic acids is 2. The van der Waals surface area contributed by atoms with Crippen LogP contribution in [0.3, 0.4) is 0 Å². The minimum atomic E-state index is -0.471. The van der Waals surface area contributed by atoms with Crippen molar-refractivity contribution >= 4 is 23.2 Å². The molecule has 10 heteroatoms. The number of amides is 2. The maximum absolute atomic E-state index is 13.1. The van der Waals surface area contributed by atoms with Crippen molar-refractivity contribution in [2.45, 2.75) is 25.8 Å². The molecule has 1 unspecified atom stereocenters. The standard InChI is InChI=1S/C21H24N4O6/c1-3-20(26)23(10-12-30-2)14-21(27)24-18(19-5-4-11-31-19)13-17(22-24)15-6-8-16(9-7-15)25(28)29/h4-9,11,18H,3,10,12-14H2,1-2H3. The molecule has 3 rings (SSSR count). The molecule has 0 N–H and O–H groups in total. The van der Waals surface area contributed by atoms with E-state index in [4.69, 9.17) is 9.15 Å². The zero-order valence-corrected chi connectivity index (χ0v) is 17.4. The molecule has 0 fully saturated rings. The second kappa shape index (κ2) is 9.98. The number of carbonyl (C=O) groups is 2. The average molecular weight is 428 g/mol. The Hall–Kier alpha value is -3.53. The molecule has 2 aromatic rings. The summed E-state index contributed by atoms with van der Waals surface area (Å²) in [7, 11) is 1.53. The summed E-state index contributed by atoms with van der Waals surface area (Å²) >= 11 is 0. The normalized spacial score (nSPS) is 15.6. The van der Waals surface area contributed by atoms with Gasteiger partial charge in [-0.3, -0.25) is 19.7 Å². The fraction of sp³-hybridized carbons (Fsp3) is 0.381. The van der Waals surface area contributed by atoms with Gasteiger partial charge in [0.1, 0.15) is 18.3 Å². The van der Waals surface area contributed by atoms with Gasteiger partial charge in [0.05, 0.1) is 23.5 Å². The molecule has 1 aliphatic rings. The molecule has 0 saturated heterocycles. The molecule has 1 aromatic carbocycles. The number of hydrazone groups is 1. The molecule has 2 heterocycles. The number of rotatable bonds is 9. The molecule has 1 aromatic heterocycles. The summed E-state index contributed by atoms with van der Waals surface area (Å²) in [6.45, 7) is 2.22. The smallest absolute Gasteiger partial charge is 0.269 e. The lowest BCUT2D eigenvalue weighted by Gasteiger charge is -2.25. The van der Waals surface area contributed by atoms with E-state index in [2.05, 4.69) is 5.10 Å². The number of nitrogens with zero attached hydrogens (tertiary/aromatic N) is 4. The van der Waals surface area contributed by atoms with E-state index in [0.717, 1.165) is 0 Å². The number of hydrogen-bond acceptors (Lipinski definition) is 7. The molecule has 0 aliphatic carbocycles. The lowest BCUT2D eigenvalue weighted by molar-refractivity contribution is -0.384. The molecule has 0 saturated carbocycles. The Morgan fingerprint density at radius 3 is 2.65 bits per heavy atom. The number of benzene rings is 1. The molecular formula is C21H24N4O6. The highest BCUT2D eigenvalue weighted by atomic mass is 16.6. The highest BCUT2D eigenvalue weighted by Gasteiger charge is 2.35. The van der Waals surface area contributed by atoms with Crippen molar-refractivity contribution in [1.29, 1.82) is 0 Å². The van der Waals surface area contributed by atoms with Crippen LogP contribution in [0.1, 0.15) is 37.1 Å². The van der Waals surface area contributed by atoms with Gasteiger partial charge in [-0.25, -0.2) is 5.01 Å². The topological polar surface area (TPSA) is 118 Å². The average Bonchev–Trinajstić information content (AvgIpc) is 3.46. The summed E-state index contributed by atoms with van der Waals surface area (Å²) in [4.78, 5) is 37.2. The van der Waals surface area contributed by atoms with Crippen LogP contribution in [0.15, 0.2) is 52.2 Å². The highest BCUT2D eigenvalue weighted by molar-refractivity contribution is 6.03. The van der Waals surface area contributed by atoms with E-state index in [1.54, 1.807) is 31.2 Å². The number of furan rings is 1. The van der Waals surface area contributed by atoms with Gasteiger partial charge in [-0.15, -0.1) is 0 Å². The molecule has 1 aliphatic heterocycles. The van der Waals surface area contributed by atoms with Crippen LogP contribution >= 0.6 is 0 Å². The Labute approximate surface area is 179 Å². The minimum absolute atomic E-state index is 0.0234. The first-order chi connectivity index (χ1) is 14.9. The van der Waals surface area contributed by atoms with E-state index in [9.17, 15) is 19.7 Å². The summed E-state index contributed by atoms with van der Waals surface area (Å²) in [6.07, 6.45) is 2.18. The van der Waals surface area contributed by atoms with Crippen molar-refractivity contribution in [3.63, 3.8) is 0 Å². The Morgan fingerprint density at radius 2 is 2.06 bits per heavy atom. The van der Waals surface area contributed by atoms with Crippen molar-refractivity contribution in [2.75, 3.05) is 26.8 Å². The monoisotopic (exact) mass is 428 g/mol. The maximum Gasteiger partial charge on any atom is 0.269 e. The zero-order valence-electron chi connectivity index (χ0n) is 17.4. The number of methoxy groups -OCH3 is 1. The van der Waals surface area contributed by atoms with Gasteiger partial charge in [-0.1, -0.05) is 6.92 Å². The fourth-order valence-electron chi connectivity index (χ4n) is 3.35. The first-order valence-electron chi connectivity index (χ1n) is 9.89. The van der Waals surface area contributed by atoms with Gasteiger partial charge >= 0.3 is 0 Å². The summed E-state index contributed by atoms with van der Waals surface area (Å²) in [5, 5.41) is 16.7. The molecular weight excluding hydrogens is 404 g/mol. The minimum Gasteiger partial charge on any atom is -0.467 e. The van der Waals surface area contributed by atoms with Gasteiger partial charge in [0, 0.05) is 38.6 Å². The summed E-state index contributed by atoms with van der Waals surface area (Å²) in [5.41, 5.74) is 1.26. The number of nitro benzene ring substituents is 1. The van der Waals surface area contributed by atoms with Gasteiger partial charge < -0.3 is 14.1 Å². The second-order valence-corrected chi connectivity index (χ2v) is 6.99. The van der Waals surface area contributed by atoms with E-state index < -0.39 is 11.0 Å². The molecule has 31 heavy (non-hydrogen) atoms. The van der Waals surface area contributed by atoms with E-state index in [1.165, 1.54) is 35.4 Å². The van der Waals surface area contributed by atoms with E-state index >= 15 is 0 Å². The third-order valence-electron chi connectivity index (χ3n) is 5.00. The van der Waals surface area contributed by atoms with Crippen molar-refractivity contribution in [1.82, 2.24) is 9.91 Å². The van der Waals surface area contributed by atoms with E-state index in [0.29, 0.717) is 36.6 Å². The molecule has 0 bridgehead atoms. The second-order valence-electron chi connectivity index (χ2n) is 6.99. The van der Waals surface area contributed by atoms with Crippen LogP contribution in [0.5, 0.6) is 0 Å². The van der Waals surface area contributed by atoms with Crippen LogP contribution in [0.4, 0.5) is 5.69 Å². The third-order valence-corrected chi connectivity index (χ3v) is 5.00. The highest BCUT2D eigenvalue weighted by Crippen LogP contribution is 2.33.